The van der Waals surface area contributed by atoms with Crippen LogP contribution in [0.2, 0.25) is 0 Å². The summed E-state index contributed by atoms with van der Waals surface area (Å²) in [7, 11) is 5.12. The predicted octanol–water partition coefficient (Wildman–Crippen LogP) is 1.91. The van der Waals surface area contributed by atoms with Crippen LogP contribution in [0, 0.1) is 0 Å². The summed E-state index contributed by atoms with van der Waals surface area (Å²) in [4.78, 5) is 0. The second-order valence-electron chi connectivity index (χ2n) is 4.28. The van der Waals surface area contributed by atoms with Gasteiger partial charge in [0.25, 0.3) is 0 Å². The van der Waals surface area contributed by atoms with E-state index in [1.54, 1.807) is 14.2 Å². The lowest BCUT2D eigenvalue weighted by Crippen LogP contribution is -2.08. The number of aromatic nitrogens is 2. The third-order valence-corrected chi connectivity index (χ3v) is 2.91. The molecule has 0 bridgehead atoms. The Hall–Kier alpha value is -2.08. The maximum absolute atomic E-state index is 5.64. The van der Waals surface area contributed by atoms with Gasteiger partial charge in [-0.2, -0.15) is 0 Å². The Labute approximate surface area is 118 Å². The van der Waals surface area contributed by atoms with Gasteiger partial charge < -0.3 is 19.2 Å². The number of benzene rings is 1. The average Bonchev–Trinajstić information content (AvgIpc) is 2.95. The van der Waals surface area contributed by atoms with Gasteiger partial charge in [0.2, 0.25) is 11.8 Å². The third kappa shape index (κ3) is 3.27. The molecule has 6 heteroatoms. The lowest BCUT2D eigenvalue weighted by molar-refractivity contribution is 0.355. The van der Waals surface area contributed by atoms with Crippen LogP contribution in [0.5, 0.6) is 11.5 Å². The molecule has 6 nitrogen and oxygen atoms in total. The largest absolute Gasteiger partial charge is 0.493 e. The highest BCUT2D eigenvalue weighted by Crippen LogP contribution is 2.31. The molecule has 0 fully saturated rings. The van der Waals surface area contributed by atoms with Crippen LogP contribution in [-0.2, 0) is 6.42 Å². The second kappa shape index (κ2) is 6.91. The van der Waals surface area contributed by atoms with Crippen molar-refractivity contribution in [2.45, 2.75) is 12.8 Å². The molecular weight excluding hydrogens is 258 g/mol. The molecule has 1 aromatic carbocycles. The fourth-order valence-corrected chi connectivity index (χ4v) is 1.86. The van der Waals surface area contributed by atoms with Gasteiger partial charge in [-0.05, 0) is 38.2 Å². The van der Waals surface area contributed by atoms with Crippen molar-refractivity contribution in [2.75, 3.05) is 27.8 Å². The molecule has 0 aliphatic rings. The van der Waals surface area contributed by atoms with E-state index in [4.69, 9.17) is 13.9 Å². The van der Waals surface area contributed by atoms with Crippen molar-refractivity contribution >= 4 is 0 Å². The van der Waals surface area contributed by atoms with Crippen LogP contribution >= 0.6 is 0 Å². The summed E-state index contributed by atoms with van der Waals surface area (Å²) >= 11 is 0. The Bertz CT molecular complexity index is 554. The standard InChI is InChI=1S/C14H19N3O3/c1-15-8-4-5-13-16-17-14(20-13)10-6-7-11(18-2)12(9-10)19-3/h6-7,9,15H,4-5,8H2,1-3H3. The first-order valence-electron chi connectivity index (χ1n) is 6.48. The summed E-state index contributed by atoms with van der Waals surface area (Å²) in [6.07, 6.45) is 1.73. The first-order chi connectivity index (χ1) is 9.78. The van der Waals surface area contributed by atoms with Gasteiger partial charge in [-0.25, -0.2) is 0 Å². The third-order valence-electron chi connectivity index (χ3n) is 2.91. The molecule has 1 N–H and O–H groups in total. The number of aryl methyl sites for hydroxylation is 1. The van der Waals surface area contributed by atoms with Crippen molar-refractivity contribution in [1.82, 2.24) is 15.5 Å². The molecular formula is C14H19N3O3. The molecule has 0 unspecified atom stereocenters. The summed E-state index contributed by atoms with van der Waals surface area (Å²) in [5.41, 5.74) is 0.815. The molecule has 0 aliphatic heterocycles. The molecule has 1 heterocycles. The maximum atomic E-state index is 5.64. The van der Waals surface area contributed by atoms with E-state index in [1.165, 1.54) is 0 Å². The van der Waals surface area contributed by atoms with E-state index in [2.05, 4.69) is 15.5 Å². The number of nitrogens with one attached hydrogen (secondary N) is 1. The summed E-state index contributed by atoms with van der Waals surface area (Å²) in [5, 5.41) is 11.2. The lowest BCUT2D eigenvalue weighted by Gasteiger charge is -2.07. The van der Waals surface area contributed by atoms with E-state index in [-0.39, 0.29) is 0 Å². The summed E-state index contributed by atoms with van der Waals surface area (Å²) < 4.78 is 16.1. The zero-order valence-corrected chi connectivity index (χ0v) is 12.0. The molecule has 2 rings (SSSR count). The van der Waals surface area contributed by atoms with E-state index < -0.39 is 0 Å². The average molecular weight is 277 g/mol. The van der Waals surface area contributed by atoms with Crippen molar-refractivity contribution in [2.24, 2.45) is 0 Å². The Morgan fingerprint density at radius 3 is 2.65 bits per heavy atom. The second-order valence-corrected chi connectivity index (χ2v) is 4.28. The van der Waals surface area contributed by atoms with Gasteiger partial charge in [0, 0.05) is 12.0 Å². The van der Waals surface area contributed by atoms with Crippen molar-refractivity contribution in [3.05, 3.63) is 24.1 Å². The minimum atomic E-state index is 0.491. The molecule has 0 radical (unpaired) electrons. The molecule has 20 heavy (non-hydrogen) atoms. The van der Waals surface area contributed by atoms with Crippen LogP contribution in [0.15, 0.2) is 22.6 Å². The van der Waals surface area contributed by atoms with Gasteiger partial charge in [-0.3, -0.25) is 0 Å². The molecule has 0 atom stereocenters. The highest BCUT2D eigenvalue weighted by Gasteiger charge is 2.11. The minimum Gasteiger partial charge on any atom is -0.493 e. The van der Waals surface area contributed by atoms with Gasteiger partial charge in [-0.15, -0.1) is 10.2 Å². The molecule has 0 aliphatic carbocycles. The molecule has 2 aromatic rings. The summed E-state index contributed by atoms with van der Waals surface area (Å²) in [6, 6.07) is 5.51. The Balaban J connectivity index is 2.15. The number of rotatable bonds is 7. The van der Waals surface area contributed by atoms with E-state index in [0.717, 1.165) is 24.9 Å². The molecule has 0 spiro atoms. The van der Waals surface area contributed by atoms with Gasteiger partial charge in [0.15, 0.2) is 11.5 Å². The van der Waals surface area contributed by atoms with E-state index in [1.807, 2.05) is 25.2 Å². The fraction of sp³-hybridized carbons (Fsp3) is 0.429. The van der Waals surface area contributed by atoms with Crippen LogP contribution in [0.3, 0.4) is 0 Å². The van der Waals surface area contributed by atoms with Crippen LogP contribution in [-0.4, -0.2) is 38.0 Å². The van der Waals surface area contributed by atoms with Crippen LogP contribution in [0.1, 0.15) is 12.3 Å². The fourth-order valence-electron chi connectivity index (χ4n) is 1.86. The Kier molecular flexibility index (Phi) is 4.95. The van der Waals surface area contributed by atoms with E-state index in [0.29, 0.717) is 23.3 Å². The SMILES string of the molecule is CNCCCc1nnc(-c2ccc(OC)c(OC)c2)o1. The van der Waals surface area contributed by atoms with E-state index in [9.17, 15) is 0 Å². The normalized spacial score (nSPS) is 10.6. The zero-order chi connectivity index (χ0) is 14.4. The molecule has 1 aromatic heterocycles. The summed E-state index contributed by atoms with van der Waals surface area (Å²) in [6.45, 7) is 0.925. The van der Waals surface area contributed by atoms with Gasteiger partial charge in [0.05, 0.1) is 14.2 Å². The van der Waals surface area contributed by atoms with Gasteiger partial charge in [-0.1, -0.05) is 0 Å². The molecule has 0 amide bonds. The van der Waals surface area contributed by atoms with Crippen molar-refractivity contribution in [3.63, 3.8) is 0 Å². The first-order valence-corrected chi connectivity index (χ1v) is 6.48. The van der Waals surface area contributed by atoms with Crippen LogP contribution < -0.4 is 14.8 Å². The Morgan fingerprint density at radius 1 is 1.15 bits per heavy atom. The number of ether oxygens (including phenoxy) is 2. The van der Waals surface area contributed by atoms with Crippen LogP contribution in [0.4, 0.5) is 0 Å². The van der Waals surface area contributed by atoms with Crippen LogP contribution in [0.25, 0.3) is 11.5 Å². The molecule has 0 saturated carbocycles. The van der Waals surface area contributed by atoms with Crippen molar-refractivity contribution < 1.29 is 13.9 Å². The maximum Gasteiger partial charge on any atom is 0.247 e. The monoisotopic (exact) mass is 277 g/mol. The van der Waals surface area contributed by atoms with E-state index >= 15 is 0 Å². The molecule has 108 valence electrons. The minimum absolute atomic E-state index is 0.491. The summed E-state index contributed by atoms with van der Waals surface area (Å²) in [5.74, 6) is 2.44. The lowest BCUT2D eigenvalue weighted by atomic mass is 10.2. The first kappa shape index (κ1) is 14.3. The smallest absolute Gasteiger partial charge is 0.247 e. The highest BCUT2D eigenvalue weighted by atomic mass is 16.5. The van der Waals surface area contributed by atoms with Crippen molar-refractivity contribution in [1.29, 1.82) is 0 Å². The zero-order valence-electron chi connectivity index (χ0n) is 12.0. The number of hydrogen-bond donors (Lipinski definition) is 1. The van der Waals surface area contributed by atoms with Gasteiger partial charge >= 0.3 is 0 Å². The van der Waals surface area contributed by atoms with Gasteiger partial charge in [0.1, 0.15) is 0 Å². The molecule has 0 saturated heterocycles. The predicted molar refractivity (Wildman–Crippen MR) is 75.1 cm³/mol. The topological polar surface area (TPSA) is 69.4 Å². The highest BCUT2D eigenvalue weighted by molar-refractivity contribution is 5.59. The number of nitrogens with zero attached hydrogens (tertiary/aromatic N) is 2. The van der Waals surface area contributed by atoms with Crippen molar-refractivity contribution in [3.8, 4) is 23.0 Å². The number of methoxy groups -OCH3 is 2. The quantitative estimate of drug-likeness (QED) is 0.780. The Morgan fingerprint density at radius 2 is 1.95 bits per heavy atom. The number of hydrogen-bond acceptors (Lipinski definition) is 6.